The molecule has 1 rings (SSSR count). The molecule has 0 bridgehead atoms. The van der Waals surface area contributed by atoms with Crippen molar-refractivity contribution >= 4 is 21.8 Å². The Hall–Kier alpha value is 0.120. The quantitative estimate of drug-likeness (QED) is 0.739. The summed E-state index contributed by atoms with van der Waals surface area (Å²) < 4.78 is 33.3. The zero-order valence-electron chi connectivity index (χ0n) is 10.4. The molecule has 0 radical (unpaired) electrons. The Kier molecular flexibility index (Phi) is 6.16. The minimum atomic E-state index is -3.45. The van der Waals surface area contributed by atoms with Crippen LogP contribution in [0, 0.1) is 0 Å². The third-order valence-electron chi connectivity index (χ3n) is 2.92. The van der Waals surface area contributed by atoms with Crippen molar-refractivity contribution in [2.45, 2.75) is 38.3 Å². The summed E-state index contributed by atoms with van der Waals surface area (Å²) in [4.78, 5) is 0. The summed E-state index contributed by atoms with van der Waals surface area (Å²) >= 11 is 5.70. The van der Waals surface area contributed by atoms with Crippen LogP contribution < -0.4 is 4.72 Å². The number of nitrogens with zero attached hydrogens (tertiary/aromatic N) is 1. The summed E-state index contributed by atoms with van der Waals surface area (Å²) in [6.07, 6.45) is 2.92. The standard InChI is InChI=1S/C10H21ClN2O3S/c1-9-5-3-4-6-13(9)17(14,15)12-10(7-11)8-16-2/h9-10,12H,3-8H2,1-2H3. The number of nitrogens with one attached hydrogen (secondary N) is 1. The molecule has 0 aromatic rings. The molecule has 1 aliphatic heterocycles. The van der Waals surface area contributed by atoms with E-state index in [1.54, 1.807) is 0 Å². The van der Waals surface area contributed by atoms with Crippen LogP contribution in [0.2, 0.25) is 0 Å². The largest absolute Gasteiger partial charge is 0.383 e. The van der Waals surface area contributed by atoms with Crippen LogP contribution in [0.3, 0.4) is 0 Å². The molecule has 1 fully saturated rings. The molecule has 1 aliphatic rings. The average Bonchev–Trinajstić information content (AvgIpc) is 2.28. The van der Waals surface area contributed by atoms with Gasteiger partial charge in [-0.1, -0.05) is 6.42 Å². The Morgan fingerprint density at radius 1 is 1.53 bits per heavy atom. The average molecular weight is 285 g/mol. The maximum Gasteiger partial charge on any atom is 0.280 e. The van der Waals surface area contributed by atoms with Crippen LogP contribution in [0.4, 0.5) is 0 Å². The summed E-state index contributed by atoms with van der Waals surface area (Å²) in [6.45, 7) is 2.80. The van der Waals surface area contributed by atoms with Crippen molar-refractivity contribution in [1.82, 2.24) is 9.03 Å². The highest BCUT2D eigenvalue weighted by molar-refractivity contribution is 7.87. The van der Waals surface area contributed by atoms with E-state index < -0.39 is 10.2 Å². The van der Waals surface area contributed by atoms with E-state index in [1.165, 1.54) is 11.4 Å². The molecule has 102 valence electrons. The third-order valence-corrected chi connectivity index (χ3v) is 5.08. The molecule has 0 aliphatic carbocycles. The molecule has 0 aromatic heterocycles. The van der Waals surface area contributed by atoms with Crippen LogP contribution in [0.15, 0.2) is 0 Å². The van der Waals surface area contributed by atoms with E-state index in [1.807, 2.05) is 6.92 Å². The van der Waals surface area contributed by atoms with Crippen LogP contribution in [0.5, 0.6) is 0 Å². The molecule has 2 atom stereocenters. The third kappa shape index (κ3) is 4.37. The van der Waals surface area contributed by atoms with E-state index in [9.17, 15) is 8.42 Å². The Morgan fingerprint density at radius 3 is 2.76 bits per heavy atom. The monoisotopic (exact) mass is 284 g/mol. The van der Waals surface area contributed by atoms with Gasteiger partial charge in [-0.15, -0.1) is 11.6 Å². The fourth-order valence-corrected chi connectivity index (χ4v) is 3.93. The topological polar surface area (TPSA) is 58.6 Å². The first kappa shape index (κ1) is 15.2. The fraction of sp³-hybridized carbons (Fsp3) is 1.00. The number of piperidine rings is 1. The van der Waals surface area contributed by atoms with Gasteiger partial charge in [0.15, 0.2) is 0 Å². The van der Waals surface area contributed by atoms with Crippen LogP contribution in [0.1, 0.15) is 26.2 Å². The van der Waals surface area contributed by atoms with E-state index in [0.717, 1.165) is 19.3 Å². The molecule has 1 saturated heterocycles. The van der Waals surface area contributed by atoms with Crippen LogP contribution in [-0.4, -0.2) is 50.9 Å². The van der Waals surface area contributed by atoms with Crippen molar-refractivity contribution in [1.29, 1.82) is 0 Å². The molecule has 2 unspecified atom stereocenters. The Morgan fingerprint density at radius 2 is 2.24 bits per heavy atom. The summed E-state index contributed by atoms with van der Waals surface area (Å²) in [7, 11) is -1.92. The number of hydrogen-bond donors (Lipinski definition) is 1. The van der Waals surface area contributed by atoms with Gasteiger partial charge in [0.25, 0.3) is 10.2 Å². The molecule has 0 saturated carbocycles. The molecule has 0 aromatic carbocycles. The van der Waals surface area contributed by atoms with Gasteiger partial charge in [-0.3, -0.25) is 0 Å². The van der Waals surface area contributed by atoms with Crippen LogP contribution in [0.25, 0.3) is 0 Å². The zero-order valence-corrected chi connectivity index (χ0v) is 11.9. The summed E-state index contributed by atoms with van der Waals surface area (Å²) in [6, 6.07) is -0.319. The molecular formula is C10H21ClN2O3S. The van der Waals surface area contributed by atoms with Crippen molar-refractivity contribution in [3.63, 3.8) is 0 Å². The second-order valence-electron chi connectivity index (χ2n) is 4.38. The SMILES string of the molecule is COCC(CCl)NS(=O)(=O)N1CCCCC1C. The van der Waals surface area contributed by atoms with Crippen LogP contribution >= 0.6 is 11.6 Å². The van der Waals surface area contributed by atoms with E-state index in [2.05, 4.69) is 4.72 Å². The zero-order chi connectivity index (χ0) is 12.9. The molecule has 1 heterocycles. The normalized spacial score (nSPS) is 24.8. The maximum atomic E-state index is 12.1. The van der Waals surface area contributed by atoms with Gasteiger partial charge in [0, 0.05) is 25.6 Å². The van der Waals surface area contributed by atoms with Gasteiger partial charge in [-0.05, 0) is 19.8 Å². The van der Waals surface area contributed by atoms with Gasteiger partial charge < -0.3 is 4.74 Å². The first-order chi connectivity index (χ1) is 8.01. The lowest BCUT2D eigenvalue weighted by Crippen LogP contribution is -2.52. The highest BCUT2D eigenvalue weighted by Gasteiger charge is 2.30. The molecule has 17 heavy (non-hydrogen) atoms. The number of methoxy groups -OCH3 is 1. The van der Waals surface area contributed by atoms with E-state index in [0.29, 0.717) is 6.54 Å². The number of halogens is 1. The van der Waals surface area contributed by atoms with Gasteiger partial charge in [0.05, 0.1) is 12.6 Å². The van der Waals surface area contributed by atoms with Crippen molar-refractivity contribution in [3.05, 3.63) is 0 Å². The van der Waals surface area contributed by atoms with Crippen molar-refractivity contribution in [2.75, 3.05) is 26.1 Å². The lowest BCUT2D eigenvalue weighted by Gasteiger charge is -2.33. The maximum absolute atomic E-state index is 12.1. The fourth-order valence-electron chi connectivity index (χ4n) is 2.02. The van der Waals surface area contributed by atoms with Gasteiger partial charge in [-0.25, -0.2) is 0 Å². The molecule has 7 heteroatoms. The summed E-state index contributed by atoms with van der Waals surface area (Å²) in [5.74, 6) is 0.204. The summed E-state index contributed by atoms with van der Waals surface area (Å²) in [5.41, 5.74) is 0. The number of rotatable bonds is 6. The van der Waals surface area contributed by atoms with Gasteiger partial charge in [-0.2, -0.15) is 17.4 Å². The van der Waals surface area contributed by atoms with E-state index in [-0.39, 0.29) is 24.6 Å². The number of ether oxygens (including phenoxy) is 1. The van der Waals surface area contributed by atoms with E-state index in [4.69, 9.17) is 16.3 Å². The second kappa shape index (κ2) is 6.89. The van der Waals surface area contributed by atoms with Gasteiger partial charge in [0.2, 0.25) is 0 Å². The van der Waals surface area contributed by atoms with Crippen molar-refractivity contribution in [2.24, 2.45) is 0 Å². The van der Waals surface area contributed by atoms with Gasteiger partial charge in [0.1, 0.15) is 0 Å². The smallest absolute Gasteiger partial charge is 0.280 e. The molecule has 0 amide bonds. The Labute approximate surface area is 109 Å². The van der Waals surface area contributed by atoms with Crippen molar-refractivity contribution in [3.8, 4) is 0 Å². The van der Waals surface area contributed by atoms with Crippen molar-refractivity contribution < 1.29 is 13.2 Å². The second-order valence-corrected chi connectivity index (χ2v) is 6.35. The minimum absolute atomic E-state index is 0.0553. The molecule has 0 spiro atoms. The first-order valence-electron chi connectivity index (χ1n) is 5.85. The molecular weight excluding hydrogens is 264 g/mol. The lowest BCUT2D eigenvalue weighted by molar-refractivity contribution is 0.178. The van der Waals surface area contributed by atoms with E-state index >= 15 is 0 Å². The molecule has 1 N–H and O–H groups in total. The Bertz CT molecular complexity index is 324. The number of hydrogen-bond acceptors (Lipinski definition) is 3. The minimum Gasteiger partial charge on any atom is -0.383 e. The molecule has 5 nitrogen and oxygen atoms in total. The van der Waals surface area contributed by atoms with Gasteiger partial charge >= 0.3 is 0 Å². The predicted octanol–water partition coefficient (Wildman–Crippen LogP) is 0.949. The van der Waals surface area contributed by atoms with Crippen LogP contribution in [-0.2, 0) is 14.9 Å². The Balaban J connectivity index is 2.65. The predicted molar refractivity (Wildman–Crippen MR) is 68.5 cm³/mol. The first-order valence-corrected chi connectivity index (χ1v) is 7.82. The highest BCUT2D eigenvalue weighted by atomic mass is 35.5. The number of alkyl halides is 1. The lowest BCUT2D eigenvalue weighted by atomic mass is 10.1. The summed E-state index contributed by atoms with van der Waals surface area (Å²) in [5, 5.41) is 0. The highest BCUT2D eigenvalue weighted by Crippen LogP contribution is 2.19.